The van der Waals surface area contributed by atoms with Crippen LogP contribution in [0.2, 0.25) is 0 Å². The average molecular weight is 357 g/mol. The maximum atomic E-state index is 11.7. The lowest BCUT2D eigenvalue weighted by Crippen LogP contribution is -2.26. The Hall–Kier alpha value is -1.89. The highest BCUT2D eigenvalue weighted by atomic mass is 16.5. The first-order valence-electron chi connectivity index (χ1n) is 8.39. The second-order valence-corrected chi connectivity index (χ2v) is 6.11. The van der Waals surface area contributed by atoms with Crippen molar-refractivity contribution in [1.29, 1.82) is 0 Å². The second-order valence-electron chi connectivity index (χ2n) is 6.11. The molecule has 1 atom stereocenters. The van der Waals surface area contributed by atoms with Gasteiger partial charge in [-0.25, -0.2) is 0 Å². The summed E-state index contributed by atoms with van der Waals surface area (Å²) in [4.78, 5) is 36.7. The molecule has 144 valence electrons. The van der Waals surface area contributed by atoms with E-state index in [-0.39, 0.29) is 12.1 Å². The fraction of sp³-hybridized carbons (Fsp3) is 0.722. The van der Waals surface area contributed by atoms with E-state index in [1.807, 2.05) is 21.0 Å². The van der Waals surface area contributed by atoms with E-state index in [0.717, 1.165) is 18.5 Å². The molecule has 0 aromatic heterocycles. The summed E-state index contributed by atoms with van der Waals surface area (Å²) in [5, 5.41) is 0. The number of rotatable bonds is 11. The van der Waals surface area contributed by atoms with Crippen LogP contribution < -0.4 is 0 Å². The van der Waals surface area contributed by atoms with Crippen LogP contribution in [0.5, 0.6) is 0 Å². The molecule has 0 aliphatic rings. The Balaban J connectivity index is 4.85. The van der Waals surface area contributed by atoms with E-state index in [1.54, 1.807) is 0 Å². The normalized spacial score (nSPS) is 12.9. The summed E-state index contributed by atoms with van der Waals surface area (Å²) in [6.45, 7) is 4.07. The molecular weight excluding hydrogens is 326 g/mol. The number of ether oxygens (including phenoxy) is 3. The summed E-state index contributed by atoms with van der Waals surface area (Å²) in [5.41, 5.74) is 0.977. The van der Waals surface area contributed by atoms with Crippen LogP contribution >= 0.6 is 0 Å². The molecule has 0 radical (unpaired) electrons. The third-order valence-electron chi connectivity index (χ3n) is 3.78. The van der Waals surface area contributed by atoms with E-state index < -0.39 is 17.9 Å². The van der Waals surface area contributed by atoms with Crippen LogP contribution in [0.25, 0.3) is 0 Å². The Morgan fingerprint density at radius 3 is 2.08 bits per heavy atom. The molecule has 0 rings (SSSR count). The lowest BCUT2D eigenvalue weighted by Gasteiger charge is -2.18. The highest BCUT2D eigenvalue weighted by Crippen LogP contribution is 2.20. The van der Waals surface area contributed by atoms with Crippen LogP contribution in [0, 0.1) is 5.92 Å². The van der Waals surface area contributed by atoms with Gasteiger partial charge in [0, 0.05) is 13.5 Å². The molecule has 0 bridgehead atoms. The molecule has 0 spiro atoms. The molecule has 7 heteroatoms. The molecule has 0 aromatic carbocycles. The first-order valence-corrected chi connectivity index (χ1v) is 8.39. The quantitative estimate of drug-likeness (QED) is 0.242. The maximum Gasteiger partial charge on any atom is 0.320 e. The van der Waals surface area contributed by atoms with Crippen molar-refractivity contribution in [1.82, 2.24) is 4.90 Å². The molecule has 0 fully saturated rings. The number of carbonyl (C=O) groups excluding carboxylic acids is 3. The van der Waals surface area contributed by atoms with Crippen molar-refractivity contribution in [2.24, 2.45) is 5.92 Å². The van der Waals surface area contributed by atoms with Gasteiger partial charge in [-0.15, -0.1) is 0 Å². The molecule has 1 unspecified atom stereocenters. The number of nitrogens with zero attached hydrogens (tertiary/aromatic N) is 1. The first-order chi connectivity index (χ1) is 11.7. The van der Waals surface area contributed by atoms with Gasteiger partial charge in [-0.3, -0.25) is 14.4 Å². The first kappa shape index (κ1) is 23.1. The predicted octanol–water partition coefficient (Wildman–Crippen LogP) is 1.95. The van der Waals surface area contributed by atoms with Gasteiger partial charge in [-0.05, 0) is 52.3 Å². The van der Waals surface area contributed by atoms with Crippen molar-refractivity contribution in [2.75, 3.05) is 34.9 Å². The molecule has 7 nitrogen and oxygen atoms in total. The van der Waals surface area contributed by atoms with Crippen LogP contribution in [0.3, 0.4) is 0 Å². The summed E-state index contributed by atoms with van der Waals surface area (Å²) in [7, 11) is 6.46. The van der Waals surface area contributed by atoms with Gasteiger partial charge in [0.05, 0.1) is 14.2 Å². The zero-order valence-corrected chi connectivity index (χ0v) is 16.2. The van der Waals surface area contributed by atoms with E-state index in [0.29, 0.717) is 19.3 Å². The van der Waals surface area contributed by atoms with Crippen molar-refractivity contribution in [3.63, 3.8) is 0 Å². The molecule has 0 aliphatic heterocycles. The van der Waals surface area contributed by atoms with Gasteiger partial charge in [-0.2, -0.15) is 0 Å². The number of methoxy groups -OCH3 is 2. The van der Waals surface area contributed by atoms with Crippen molar-refractivity contribution in [3.8, 4) is 0 Å². The smallest absolute Gasteiger partial charge is 0.320 e. The average Bonchev–Trinajstić information content (AvgIpc) is 2.54. The van der Waals surface area contributed by atoms with Gasteiger partial charge < -0.3 is 19.1 Å². The largest absolute Gasteiger partial charge is 0.468 e. The predicted molar refractivity (Wildman–Crippen MR) is 93.9 cm³/mol. The monoisotopic (exact) mass is 357 g/mol. The van der Waals surface area contributed by atoms with E-state index in [1.165, 1.54) is 21.1 Å². The van der Waals surface area contributed by atoms with E-state index in [9.17, 15) is 14.4 Å². The number of carbonyl (C=O) groups is 3. The summed E-state index contributed by atoms with van der Waals surface area (Å²) in [6.07, 6.45) is 4.05. The molecule has 25 heavy (non-hydrogen) atoms. The minimum atomic E-state index is -0.929. The minimum absolute atomic E-state index is 0.317. The summed E-state index contributed by atoms with van der Waals surface area (Å²) < 4.78 is 14.6. The van der Waals surface area contributed by atoms with E-state index >= 15 is 0 Å². The summed E-state index contributed by atoms with van der Waals surface area (Å²) in [5.74, 6) is -2.47. The van der Waals surface area contributed by atoms with Gasteiger partial charge in [0.2, 0.25) is 0 Å². The van der Waals surface area contributed by atoms with Gasteiger partial charge in [0.25, 0.3) is 0 Å². The van der Waals surface area contributed by atoms with Gasteiger partial charge in [-0.1, -0.05) is 6.08 Å². The van der Waals surface area contributed by atoms with Crippen LogP contribution in [0.15, 0.2) is 11.6 Å². The van der Waals surface area contributed by atoms with Crippen LogP contribution in [-0.2, 0) is 28.6 Å². The topological polar surface area (TPSA) is 82.1 Å². The minimum Gasteiger partial charge on any atom is -0.468 e. The molecule has 0 N–H and O–H groups in total. The van der Waals surface area contributed by atoms with Gasteiger partial charge >= 0.3 is 17.9 Å². The zero-order valence-electron chi connectivity index (χ0n) is 16.2. The van der Waals surface area contributed by atoms with Crippen LogP contribution in [-0.4, -0.2) is 63.8 Å². The zero-order chi connectivity index (χ0) is 19.4. The molecule has 0 aromatic rings. The molecule has 0 aliphatic carbocycles. The fourth-order valence-corrected chi connectivity index (χ4v) is 2.43. The Morgan fingerprint density at radius 2 is 1.64 bits per heavy atom. The van der Waals surface area contributed by atoms with Crippen molar-refractivity contribution in [3.05, 3.63) is 11.6 Å². The molecular formula is C18H31NO6. The van der Waals surface area contributed by atoms with Crippen LogP contribution in [0.1, 0.15) is 39.5 Å². The maximum absolute atomic E-state index is 11.7. The molecule has 0 saturated carbocycles. The van der Waals surface area contributed by atoms with Crippen molar-refractivity contribution < 1.29 is 28.6 Å². The molecule has 0 amide bonds. The van der Waals surface area contributed by atoms with E-state index in [2.05, 4.69) is 20.4 Å². The van der Waals surface area contributed by atoms with Crippen molar-refractivity contribution >= 4 is 17.9 Å². The molecule has 0 saturated heterocycles. The summed E-state index contributed by atoms with van der Waals surface area (Å²) in [6, 6.07) is 0. The lowest BCUT2D eigenvalue weighted by molar-refractivity contribution is -0.159. The number of hydrogen-bond donors (Lipinski definition) is 0. The Morgan fingerprint density at radius 1 is 1.08 bits per heavy atom. The number of hydrogen-bond acceptors (Lipinski definition) is 7. The fourth-order valence-electron chi connectivity index (χ4n) is 2.43. The third-order valence-corrected chi connectivity index (χ3v) is 3.78. The SMILES string of the molecule is COC(=O)C(CCC/C(=C\CCN(C)C)C(C)OC(C)=O)C(=O)OC. The molecule has 0 heterocycles. The Bertz CT molecular complexity index is 456. The third kappa shape index (κ3) is 9.86. The van der Waals surface area contributed by atoms with Crippen molar-refractivity contribution in [2.45, 2.75) is 45.6 Å². The van der Waals surface area contributed by atoms with Gasteiger partial charge in [0.15, 0.2) is 5.92 Å². The van der Waals surface area contributed by atoms with Gasteiger partial charge in [0.1, 0.15) is 6.10 Å². The second kappa shape index (κ2) is 12.5. The standard InChI is InChI=1S/C18H31NO6/c1-13(25-14(2)20)15(10-8-12-19(3)4)9-7-11-16(17(21)23-5)18(22)24-6/h10,13,16H,7-9,11-12H2,1-6H3/b15-10+. The highest BCUT2D eigenvalue weighted by molar-refractivity contribution is 5.94. The van der Waals surface area contributed by atoms with E-state index in [4.69, 9.17) is 4.74 Å². The Kier molecular flexibility index (Phi) is 11.5. The summed E-state index contributed by atoms with van der Waals surface area (Å²) >= 11 is 0. The Labute approximate surface area is 150 Å². The van der Waals surface area contributed by atoms with Crippen LogP contribution in [0.4, 0.5) is 0 Å². The highest BCUT2D eigenvalue weighted by Gasteiger charge is 2.28. The lowest BCUT2D eigenvalue weighted by atomic mass is 9.97. The number of esters is 3.